The fraction of sp³-hybridized carbons (Fsp3) is 0.290. The number of aryl methyl sites for hydroxylation is 1. The molecule has 1 N–H and O–H groups in total. The van der Waals surface area contributed by atoms with Crippen LogP contribution in [0.15, 0.2) is 99.8 Å². The molecule has 216 valence electrons. The van der Waals surface area contributed by atoms with Gasteiger partial charge in [-0.3, -0.25) is 14.3 Å². The molecule has 1 fully saturated rings. The van der Waals surface area contributed by atoms with Crippen LogP contribution in [-0.2, 0) is 15.1 Å². The predicted octanol–water partition coefficient (Wildman–Crippen LogP) is 4.84. The minimum atomic E-state index is -1.10. The van der Waals surface area contributed by atoms with Crippen molar-refractivity contribution < 1.29 is 18.9 Å². The topological polar surface area (TPSA) is 141 Å². The van der Waals surface area contributed by atoms with Crippen molar-refractivity contribution in [2.75, 3.05) is 20.8 Å². The molecule has 2 heterocycles. The molecular formula is C31H31N5O6. The van der Waals surface area contributed by atoms with Crippen LogP contribution in [0.2, 0.25) is 0 Å². The molecule has 5 rings (SSSR count). The van der Waals surface area contributed by atoms with E-state index >= 15 is 0 Å². The zero-order chi connectivity index (χ0) is 29.7. The fourth-order valence-corrected chi connectivity index (χ4v) is 5.31. The molecule has 0 aliphatic carbocycles. The Kier molecular flexibility index (Phi) is 8.44. The van der Waals surface area contributed by atoms with Crippen LogP contribution in [-0.4, -0.2) is 42.5 Å². The van der Waals surface area contributed by atoms with E-state index in [4.69, 9.17) is 18.9 Å². The lowest BCUT2D eigenvalue weighted by Gasteiger charge is -2.37. The van der Waals surface area contributed by atoms with Crippen molar-refractivity contribution in [3.8, 4) is 11.5 Å². The van der Waals surface area contributed by atoms with Crippen molar-refractivity contribution in [2.45, 2.75) is 37.3 Å². The second kappa shape index (κ2) is 12.4. The number of benzene rings is 3. The van der Waals surface area contributed by atoms with E-state index in [1.165, 1.54) is 10.8 Å². The molecule has 4 aromatic rings. The molecule has 11 nitrogen and oxygen atoms in total. The van der Waals surface area contributed by atoms with Crippen molar-refractivity contribution in [3.63, 3.8) is 0 Å². The molecule has 1 saturated heterocycles. The largest absolute Gasteiger partial charge is 0.497 e. The normalized spacial score (nSPS) is 18.3. The summed E-state index contributed by atoms with van der Waals surface area (Å²) < 4.78 is 25.3. The molecule has 42 heavy (non-hydrogen) atoms. The predicted molar refractivity (Wildman–Crippen MR) is 156 cm³/mol. The Morgan fingerprint density at radius 2 is 1.52 bits per heavy atom. The lowest BCUT2D eigenvalue weighted by Crippen LogP contribution is -2.38. The van der Waals surface area contributed by atoms with E-state index in [0.717, 1.165) is 16.7 Å². The Hall–Kier alpha value is -4.83. The first-order valence-electron chi connectivity index (χ1n) is 13.4. The number of hydrogen-bond acceptors (Lipinski definition) is 7. The molecular weight excluding hydrogens is 538 g/mol. The zero-order valence-corrected chi connectivity index (χ0v) is 23.5. The van der Waals surface area contributed by atoms with Crippen molar-refractivity contribution in [3.05, 3.63) is 139 Å². The second-order valence-corrected chi connectivity index (χ2v) is 9.93. The van der Waals surface area contributed by atoms with E-state index in [-0.39, 0.29) is 13.0 Å². The zero-order valence-electron chi connectivity index (χ0n) is 23.5. The number of ether oxygens (including phenoxy) is 4. The minimum Gasteiger partial charge on any atom is -0.497 e. The average molecular weight is 570 g/mol. The third kappa shape index (κ3) is 5.53. The van der Waals surface area contributed by atoms with Gasteiger partial charge in [0.05, 0.1) is 33.0 Å². The smallest absolute Gasteiger partial charge is 0.330 e. The standard InChI is InChI=1S/C31H31N5O6/c1-20-18-36(30(38)33-29(20)37)28-17-26(34-35-32)27(42-28)19-41-31(21-7-5-4-6-8-21,22-9-13-24(39-2)14-10-22)23-11-15-25(40-3)16-12-23/h4-16,18,26-28H,17,19H2,1-3H3,(H,33,37,38)/t26-,27+,28+/m0/s1. The highest BCUT2D eigenvalue weighted by atomic mass is 16.6. The Bertz CT molecular complexity index is 1630. The van der Waals surface area contributed by atoms with Gasteiger partial charge in [-0.1, -0.05) is 59.7 Å². The summed E-state index contributed by atoms with van der Waals surface area (Å²) in [5.41, 5.74) is 10.0. The van der Waals surface area contributed by atoms with Crippen LogP contribution >= 0.6 is 0 Å². The van der Waals surface area contributed by atoms with Crippen LogP contribution in [0.4, 0.5) is 0 Å². The maximum Gasteiger partial charge on any atom is 0.330 e. The van der Waals surface area contributed by atoms with Gasteiger partial charge in [-0.15, -0.1) is 0 Å². The van der Waals surface area contributed by atoms with Gasteiger partial charge in [0, 0.05) is 23.1 Å². The SMILES string of the molecule is COc1ccc(C(OC[C@H]2O[C@@H](n3cc(C)c(=O)[nH]c3=O)C[C@@H]2N=[N+]=[N-])(c2ccccc2)c2ccc(OC)cc2)cc1. The number of hydrogen-bond donors (Lipinski definition) is 1. The van der Waals surface area contributed by atoms with Gasteiger partial charge in [-0.2, -0.15) is 0 Å². The fourth-order valence-electron chi connectivity index (χ4n) is 5.31. The van der Waals surface area contributed by atoms with Gasteiger partial charge in [0.15, 0.2) is 0 Å². The number of azide groups is 1. The number of rotatable bonds is 10. The van der Waals surface area contributed by atoms with Gasteiger partial charge in [0.25, 0.3) is 5.56 Å². The van der Waals surface area contributed by atoms with E-state index < -0.39 is 35.2 Å². The highest BCUT2D eigenvalue weighted by molar-refractivity contribution is 5.49. The Morgan fingerprint density at radius 1 is 0.952 bits per heavy atom. The average Bonchev–Trinajstić information content (AvgIpc) is 3.42. The van der Waals surface area contributed by atoms with E-state index in [1.54, 1.807) is 21.1 Å². The van der Waals surface area contributed by atoms with Crippen molar-refractivity contribution in [1.82, 2.24) is 9.55 Å². The molecule has 0 saturated carbocycles. The van der Waals surface area contributed by atoms with Crippen LogP contribution < -0.4 is 20.7 Å². The third-order valence-corrected chi connectivity index (χ3v) is 7.50. The van der Waals surface area contributed by atoms with E-state index in [1.807, 2.05) is 78.9 Å². The van der Waals surface area contributed by atoms with E-state index in [2.05, 4.69) is 15.0 Å². The lowest BCUT2D eigenvalue weighted by molar-refractivity contribution is -0.0796. The highest BCUT2D eigenvalue weighted by Gasteiger charge is 2.42. The number of aromatic amines is 1. The van der Waals surface area contributed by atoms with Gasteiger partial charge < -0.3 is 18.9 Å². The molecule has 11 heteroatoms. The first-order valence-corrected chi connectivity index (χ1v) is 13.4. The van der Waals surface area contributed by atoms with Gasteiger partial charge in [-0.05, 0) is 53.4 Å². The lowest BCUT2D eigenvalue weighted by atomic mass is 9.80. The van der Waals surface area contributed by atoms with Gasteiger partial charge >= 0.3 is 5.69 Å². The third-order valence-electron chi connectivity index (χ3n) is 7.50. The number of nitrogens with zero attached hydrogens (tertiary/aromatic N) is 4. The maximum atomic E-state index is 12.6. The van der Waals surface area contributed by atoms with Crippen LogP contribution in [0.5, 0.6) is 11.5 Å². The molecule has 0 radical (unpaired) electrons. The van der Waals surface area contributed by atoms with Crippen LogP contribution in [0, 0.1) is 6.92 Å². The summed E-state index contributed by atoms with van der Waals surface area (Å²) >= 11 is 0. The first kappa shape index (κ1) is 28.7. The Balaban J connectivity index is 1.58. The summed E-state index contributed by atoms with van der Waals surface area (Å²) in [4.78, 5) is 29.8. The second-order valence-electron chi connectivity index (χ2n) is 9.93. The molecule has 1 aliphatic heterocycles. The molecule has 3 atom stereocenters. The molecule has 0 amide bonds. The molecule has 1 aromatic heterocycles. The summed E-state index contributed by atoms with van der Waals surface area (Å²) in [7, 11) is 3.22. The summed E-state index contributed by atoms with van der Waals surface area (Å²) in [5, 5.41) is 3.97. The number of H-pyrrole nitrogens is 1. The van der Waals surface area contributed by atoms with Crippen molar-refractivity contribution in [2.24, 2.45) is 5.11 Å². The summed E-state index contributed by atoms with van der Waals surface area (Å²) in [5.74, 6) is 1.39. The molecule has 0 spiro atoms. The molecule has 3 aromatic carbocycles. The highest BCUT2D eigenvalue weighted by Crippen LogP contribution is 2.43. The van der Waals surface area contributed by atoms with E-state index in [0.29, 0.717) is 17.1 Å². The van der Waals surface area contributed by atoms with Gasteiger partial charge in [0.2, 0.25) is 0 Å². The summed E-state index contributed by atoms with van der Waals surface area (Å²) in [6.07, 6.45) is 0.229. The summed E-state index contributed by atoms with van der Waals surface area (Å²) in [6, 6.07) is 24.4. The number of methoxy groups -OCH3 is 2. The van der Waals surface area contributed by atoms with Gasteiger partial charge in [-0.25, -0.2) is 4.79 Å². The van der Waals surface area contributed by atoms with Crippen molar-refractivity contribution in [1.29, 1.82) is 0 Å². The van der Waals surface area contributed by atoms with Gasteiger partial charge in [0.1, 0.15) is 23.3 Å². The first-order chi connectivity index (χ1) is 20.4. The molecule has 1 aliphatic rings. The van der Waals surface area contributed by atoms with Crippen LogP contribution in [0.3, 0.4) is 0 Å². The number of aromatic nitrogens is 2. The van der Waals surface area contributed by atoms with Crippen molar-refractivity contribution >= 4 is 0 Å². The Morgan fingerprint density at radius 3 is 2.07 bits per heavy atom. The molecule has 0 bridgehead atoms. The van der Waals surface area contributed by atoms with E-state index in [9.17, 15) is 15.1 Å². The van der Waals surface area contributed by atoms with Crippen LogP contribution in [0.25, 0.3) is 10.4 Å². The molecule has 0 unspecified atom stereocenters. The Labute approximate surface area is 241 Å². The van der Waals surface area contributed by atoms with Crippen LogP contribution in [0.1, 0.15) is 34.9 Å². The number of nitrogens with one attached hydrogen (secondary N) is 1. The maximum absolute atomic E-state index is 12.6. The monoisotopic (exact) mass is 569 g/mol. The summed E-state index contributed by atoms with van der Waals surface area (Å²) in [6.45, 7) is 1.62. The minimum absolute atomic E-state index is 0.0181. The quantitative estimate of drug-likeness (QED) is 0.125.